The van der Waals surface area contributed by atoms with Gasteiger partial charge in [0, 0.05) is 25.3 Å². The van der Waals surface area contributed by atoms with Gasteiger partial charge in [-0.25, -0.2) is 5.43 Å². The summed E-state index contributed by atoms with van der Waals surface area (Å²) in [6, 6.07) is 15.0. The number of ether oxygens (including phenoxy) is 2. The highest BCUT2D eigenvalue weighted by Crippen LogP contribution is 2.32. The number of anilines is 1. The summed E-state index contributed by atoms with van der Waals surface area (Å²) < 4.78 is 11.1. The Labute approximate surface area is 181 Å². The Bertz CT molecular complexity index is 1060. The smallest absolute Gasteiger partial charge is 0.289 e. The van der Waals surface area contributed by atoms with E-state index >= 15 is 0 Å². The number of nitrogens with zero attached hydrogens (tertiary/aromatic N) is 3. The summed E-state index contributed by atoms with van der Waals surface area (Å²) in [7, 11) is 5.54. The summed E-state index contributed by atoms with van der Waals surface area (Å²) in [5, 5.41) is 11.0. The number of H-pyrrole nitrogens is 1. The van der Waals surface area contributed by atoms with Gasteiger partial charge in [-0.2, -0.15) is 10.2 Å². The number of amides is 1. The van der Waals surface area contributed by atoms with Gasteiger partial charge in [0.1, 0.15) is 5.69 Å². The van der Waals surface area contributed by atoms with Crippen LogP contribution in [0, 0.1) is 0 Å². The number of carbonyl (C=O) groups is 1. The van der Waals surface area contributed by atoms with Crippen LogP contribution in [0.3, 0.4) is 0 Å². The number of carbonyl (C=O) groups excluding carboxylic acids is 1. The quantitative estimate of drug-likeness (QED) is 0.427. The van der Waals surface area contributed by atoms with Crippen LogP contribution in [0.5, 0.6) is 11.5 Å². The molecule has 0 saturated carbocycles. The van der Waals surface area contributed by atoms with E-state index in [-0.39, 0.29) is 12.0 Å². The molecule has 0 spiro atoms. The van der Waals surface area contributed by atoms with E-state index in [4.69, 9.17) is 9.47 Å². The van der Waals surface area contributed by atoms with Gasteiger partial charge in [0.25, 0.3) is 5.91 Å². The molecule has 31 heavy (non-hydrogen) atoms. The van der Waals surface area contributed by atoms with Gasteiger partial charge in [-0.3, -0.25) is 9.89 Å². The van der Waals surface area contributed by atoms with Crippen molar-refractivity contribution < 1.29 is 14.3 Å². The number of hydrazone groups is 1. The maximum absolute atomic E-state index is 12.4. The van der Waals surface area contributed by atoms with Crippen molar-refractivity contribution in [3.05, 3.63) is 59.8 Å². The molecule has 3 rings (SSSR count). The lowest BCUT2D eigenvalue weighted by Crippen LogP contribution is -2.18. The summed E-state index contributed by atoms with van der Waals surface area (Å²) in [5.41, 5.74) is 6.19. The second kappa shape index (κ2) is 9.80. The van der Waals surface area contributed by atoms with Crippen molar-refractivity contribution in [2.45, 2.75) is 20.0 Å². The van der Waals surface area contributed by atoms with E-state index < -0.39 is 0 Å². The maximum Gasteiger partial charge on any atom is 0.289 e. The molecule has 0 aliphatic heterocycles. The highest BCUT2D eigenvalue weighted by Gasteiger charge is 2.13. The molecule has 0 fully saturated rings. The van der Waals surface area contributed by atoms with Crippen molar-refractivity contribution in [3.8, 4) is 22.8 Å². The van der Waals surface area contributed by atoms with Crippen molar-refractivity contribution in [1.82, 2.24) is 15.6 Å². The fourth-order valence-corrected chi connectivity index (χ4v) is 2.85. The molecule has 8 nitrogen and oxygen atoms in total. The molecule has 1 amide bonds. The third-order valence-electron chi connectivity index (χ3n) is 4.43. The Hall–Kier alpha value is -3.81. The molecular weight excluding hydrogens is 394 g/mol. The summed E-state index contributed by atoms with van der Waals surface area (Å²) in [6.07, 6.45) is 1.62. The zero-order valence-electron chi connectivity index (χ0n) is 18.3. The minimum atomic E-state index is -0.383. The lowest BCUT2D eigenvalue weighted by atomic mass is 10.1. The van der Waals surface area contributed by atoms with E-state index in [1.165, 1.54) is 0 Å². The van der Waals surface area contributed by atoms with E-state index in [2.05, 4.69) is 20.7 Å². The first kappa shape index (κ1) is 21.9. The molecule has 1 aromatic heterocycles. The first-order chi connectivity index (χ1) is 14.9. The van der Waals surface area contributed by atoms with Crippen LogP contribution in [-0.4, -0.2) is 49.6 Å². The number of nitrogens with one attached hydrogen (secondary N) is 2. The summed E-state index contributed by atoms with van der Waals surface area (Å²) in [6.45, 7) is 3.90. The van der Waals surface area contributed by atoms with Gasteiger partial charge in [-0.1, -0.05) is 12.1 Å². The molecule has 0 atom stereocenters. The molecular formula is C23H27N5O3. The molecule has 162 valence electrons. The summed E-state index contributed by atoms with van der Waals surface area (Å²) >= 11 is 0. The number of hydrogen-bond donors (Lipinski definition) is 2. The van der Waals surface area contributed by atoms with Crippen molar-refractivity contribution in [2.24, 2.45) is 5.10 Å². The van der Waals surface area contributed by atoms with Crippen LogP contribution in [-0.2, 0) is 0 Å². The molecule has 3 aromatic rings. The summed E-state index contributed by atoms with van der Waals surface area (Å²) in [5.74, 6) is 0.874. The highest BCUT2D eigenvalue weighted by molar-refractivity contribution is 5.94. The van der Waals surface area contributed by atoms with Crippen LogP contribution in [0.2, 0.25) is 0 Å². The Morgan fingerprint density at radius 2 is 1.87 bits per heavy atom. The van der Waals surface area contributed by atoms with Gasteiger partial charge in [0.2, 0.25) is 0 Å². The van der Waals surface area contributed by atoms with Crippen molar-refractivity contribution in [3.63, 3.8) is 0 Å². The first-order valence-corrected chi connectivity index (χ1v) is 9.88. The van der Waals surface area contributed by atoms with Crippen LogP contribution < -0.4 is 19.8 Å². The van der Waals surface area contributed by atoms with E-state index in [0.717, 1.165) is 16.8 Å². The topological polar surface area (TPSA) is 91.8 Å². The number of aromatic amines is 1. The van der Waals surface area contributed by atoms with Crippen LogP contribution in [0.1, 0.15) is 29.9 Å². The minimum absolute atomic E-state index is 0.0342. The molecule has 0 unspecified atom stereocenters. The molecule has 2 aromatic carbocycles. The predicted octanol–water partition coefficient (Wildman–Crippen LogP) is 3.70. The Kier molecular flexibility index (Phi) is 6.92. The van der Waals surface area contributed by atoms with Gasteiger partial charge in [-0.15, -0.1) is 0 Å². The van der Waals surface area contributed by atoms with Gasteiger partial charge in [0.15, 0.2) is 11.5 Å². The van der Waals surface area contributed by atoms with Crippen LogP contribution in [0.4, 0.5) is 5.69 Å². The van der Waals surface area contributed by atoms with Gasteiger partial charge in [-0.05, 0) is 55.8 Å². The Morgan fingerprint density at radius 3 is 2.52 bits per heavy atom. The second-order valence-corrected chi connectivity index (χ2v) is 7.38. The average molecular weight is 422 g/mol. The number of rotatable bonds is 8. The fraction of sp³-hybridized carbons (Fsp3) is 0.261. The third kappa shape index (κ3) is 5.63. The zero-order chi connectivity index (χ0) is 22.4. The molecule has 0 radical (unpaired) electrons. The zero-order valence-corrected chi connectivity index (χ0v) is 18.3. The molecule has 0 bridgehead atoms. The van der Waals surface area contributed by atoms with Crippen molar-refractivity contribution in [1.29, 1.82) is 0 Å². The Morgan fingerprint density at radius 1 is 1.13 bits per heavy atom. The third-order valence-corrected chi connectivity index (χ3v) is 4.43. The van der Waals surface area contributed by atoms with Crippen molar-refractivity contribution in [2.75, 3.05) is 26.1 Å². The predicted molar refractivity (Wildman–Crippen MR) is 122 cm³/mol. The molecule has 2 N–H and O–H groups in total. The number of methoxy groups -OCH3 is 1. The number of aromatic nitrogens is 2. The van der Waals surface area contributed by atoms with Crippen LogP contribution >= 0.6 is 0 Å². The monoisotopic (exact) mass is 421 g/mol. The Balaban J connectivity index is 1.66. The van der Waals surface area contributed by atoms with E-state index in [9.17, 15) is 4.79 Å². The molecule has 1 heterocycles. The average Bonchev–Trinajstić information content (AvgIpc) is 3.24. The standard InChI is InChI=1S/C23H27N5O3/c1-15(2)31-21-11-8-17(12-22(21)30-5)19-13-20(26-25-19)23(29)27-24-14-16-6-9-18(10-7-16)28(3)4/h6-15H,1-5H3,(H,25,26)(H,27,29)/b24-14-. The van der Waals surface area contributed by atoms with Gasteiger partial charge < -0.3 is 14.4 Å². The fourth-order valence-electron chi connectivity index (χ4n) is 2.85. The maximum atomic E-state index is 12.4. The van der Waals surface area contributed by atoms with Gasteiger partial charge in [0.05, 0.1) is 25.1 Å². The van der Waals surface area contributed by atoms with E-state index in [0.29, 0.717) is 22.9 Å². The minimum Gasteiger partial charge on any atom is -0.493 e. The van der Waals surface area contributed by atoms with Crippen LogP contribution in [0.25, 0.3) is 11.3 Å². The molecule has 0 saturated heterocycles. The van der Waals surface area contributed by atoms with Crippen molar-refractivity contribution >= 4 is 17.8 Å². The SMILES string of the molecule is COc1cc(-c2cc(C(=O)N/N=C\c3ccc(N(C)C)cc3)[nH]n2)ccc1OC(C)C. The highest BCUT2D eigenvalue weighted by atomic mass is 16.5. The van der Waals surface area contributed by atoms with Gasteiger partial charge >= 0.3 is 0 Å². The molecule has 0 aliphatic rings. The molecule has 8 heteroatoms. The normalized spacial score (nSPS) is 11.0. The second-order valence-electron chi connectivity index (χ2n) is 7.38. The largest absolute Gasteiger partial charge is 0.493 e. The van der Waals surface area contributed by atoms with E-state index in [1.807, 2.05) is 75.3 Å². The molecule has 0 aliphatic carbocycles. The number of benzene rings is 2. The van der Waals surface area contributed by atoms with Crippen LogP contribution in [0.15, 0.2) is 53.6 Å². The first-order valence-electron chi connectivity index (χ1n) is 9.88. The lowest BCUT2D eigenvalue weighted by Gasteiger charge is -2.14. The van der Waals surface area contributed by atoms with E-state index in [1.54, 1.807) is 19.4 Å². The lowest BCUT2D eigenvalue weighted by molar-refractivity contribution is 0.0950. The number of hydrogen-bond acceptors (Lipinski definition) is 6. The summed E-state index contributed by atoms with van der Waals surface area (Å²) in [4.78, 5) is 14.4.